The molecule has 0 saturated heterocycles. The van der Waals surface area contributed by atoms with Crippen LogP contribution in [0.1, 0.15) is 51.4 Å². The van der Waals surface area contributed by atoms with Crippen molar-refractivity contribution in [1.82, 2.24) is 0 Å². The highest BCUT2D eigenvalue weighted by Gasteiger charge is 1.92. The molecule has 0 spiro atoms. The van der Waals surface area contributed by atoms with Gasteiger partial charge in [-0.2, -0.15) is 0 Å². The van der Waals surface area contributed by atoms with Crippen LogP contribution < -0.4 is 0 Å². The number of rotatable bonds is 13. The molecule has 2 nitrogen and oxygen atoms in total. The summed E-state index contributed by atoms with van der Waals surface area (Å²) in [6, 6.07) is 0. The first kappa shape index (κ1) is 15.1. The van der Waals surface area contributed by atoms with Gasteiger partial charge in [-0.3, -0.25) is 0 Å². The van der Waals surface area contributed by atoms with Crippen LogP contribution in [0.15, 0.2) is 25.7 Å². The van der Waals surface area contributed by atoms with E-state index in [-0.39, 0.29) is 0 Å². The molecule has 0 amide bonds. The molecule has 0 rings (SSSR count). The van der Waals surface area contributed by atoms with Gasteiger partial charge in [0.15, 0.2) is 0 Å². The molecule has 94 valence electrons. The number of hydrogen-bond donors (Lipinski definition) is 0. The summed E-state index contributed by atoms with van der Waals surface area (Å²) in [5.74, 6) is 0. The lowest BCUT2D eigenvalue weighted by atomic mass is 10.1. The summed E-state index contributed by atoms with van der Waals surface area (Å²) in [6.07, 6.45) is 13.2. The van der Waals surface area contributed by atoms with Gasteiger partial charge in [-0.05, 0) is 12.8 Å². The summed E-state index contributed by atoms with van der Waals surface area (Å²) in [4.78, 5) is 0. The molecule has 0 saturated carbocycles. The zero-order valence-electron chi connectivity index (χ0n) is 10.5. The third-order valence-electron chi connectivity index (χ3n) is 2.51. The summed E-state index contributed by atoms with van der Waals surface area (Å²) < 4.78 is 10.1. The van der Waals surface area contributed by atoms with Gasteiger partial charge in [0.1, 0.15) is 0 Å². The van der Waals surface area contributed by atoms with Crippen LogP contribution in [0.4, 0.5) is 0 Å². The van der Waals surface area contributed by atoms with E-state index in [2.05, 4.69) is 13.2 Å². The minimum atomic E-state index is 0.822. The average Bonchev–Trinajstić information content (AvgIpc) is 2.31. The maximum absolute atomic E-state index is 5.06. The fraction of sp³-hybridized carbons (Fsp3) is 0.714. The summed E-state index contributed by atoms with van der Waals surface area (Å²) in [5, 5.41) is 0. The van der Waals surface area contributed by atoms with Crippen LogP contribution in [-0.2, 0) is 9.47 Å². The van der Waals surface area contributed by atoms with Crippen molar-refractivity contribution in [3.05, 3.63) is 25.7 Å². The van der Waals surface area contributed by atoms with Crippen molar-refractivity contribution in [2.45, 2.75) is 51.4 Å². The molecule has 0 aromatic carbocycles. The molecular formula is C14H26O2. The van der Waals surface area contributed by atoms with Crippen LogP contribution in [0.2, 0.25) is 0 Å². The average molecular weight is 226 g/mol. The van der Waals surface area contributed by atoms with Crippen molar-refractivity contribution < 1.29 is 9.47 Å². The normalized spacial score (nSPS) is 9.75. The van der Waals surface area contributed by atoms with Gasteiger partial charge in [0, 0.05) is 0 Å². The van der Waals surface area contributed by atoms with E-state index in [0.29, 0.717) is 0 Å². The monoisotopic (exact) mass is 226 g/mol. The first-order valence-electron chi connectivity index (χ1n) is 6.37. The first-order chi connectivity index (χ1) is 7.91. The second-order valence-corrected chi connectivity index (χ2v) is 3.90. The van der Waals surface area contributed by atoms with Crippen molar-refractivity contribution in [3.8, 4) is 0 Å². The van der Waals surface area contributed by atoms with E-state index >= 15 is 0 Å². The molecule has 0 aliphatic rings. The van der Waals surface area contributed by atoms with Crippen LogP contribution in [0.3, 0.4) is 0 Å². The van der Waals surface area contributed by atoms with E-state index in [0.717, 1.165) is 26.1 Å². The lowest BCUT2D eigenvalue weighted by Gasteiger charge is -2.02. The number of hydrogen-bond acceptors (Lipinski definition) is 2. The lowest BCUT2D eigenvalue weighted by Crippen LogP contribution is -1.89. The lowest BCUT2D eigenvalue weighted by molar-refractivity contribution is 0.239. The fourth-order valence-corrected chi connectivity index (χ4v) is 1.60. The molecule has 0 unspecified atom stereocenters. The van der Waals surface area contributed by atoms with Gasteiger partial charge in [0.2, 0.25) is 0 Å². The van der Waals surface area contributed by atoms with Crippen molar-refractivity contribution in [1.29, 1.82) is 0 Å². The molecule has 0 bridgehead atoms. The highest BCUT2D eigenvalue weighted by molar-refractivity contribution is 4.51. The van der Waals surface area contributed by atoms with E-state index in [1.54, 1.807) is 0 Å². The topological polar surface area (TPSA) is 18.5 Å². The van der Waals surface area contributed by atoms with Crippen molar-refractivity contribution in [2.75, 3.05) is 13.2 Å². The molecule has 0 radical (unpaired) electrons. The quantitative estimate of drug-likeness (QED) is 0.342. The second-order valence-electron chi connectivity index (χ2n) is 3.90. The molecule has 0 N–H and O–H groups in total. The zero-order chi connectivity index (χ0) is 11.9. The molecule has 0 fully saturated rings. The summed E-state index contributed by atoms with van der Waals surface area (Å²) in [5.41, 5.74) is 0. The number of unbranched alkanes of at least 4 members (excludes halogenated alkanes) is 7. The van der Waals surface area contributed by atoms with Crippen molar-refractivity contribution >= 4 is 0 Å². The van der Waals surface area contributed by atoms with Crippen LogP contribution in [0.5, 0.6) is 0 Å². The summed E-state index contributed by atoms with van der Waals surface area (Å²) in [6.45, 7) is 8.67. The highest BCUT2D eigenvalue weighted by Crippen LogP contribution is 2.08. The summed E-state index contributed by atoms with van der Waals surface area (Å²) >= 11 is 0. The Morgan fingerprint density at radius 1 is 0.562 bits per heavy atom. The molecule has 0 aliphatic carbocycles. The van der Waals surface area contributed by atoms with Gasteiger partial charge in [-0.15, -0.1) is 0 Å². The van der Waals surface area contributed by atoms with E-state index in [4.69, 9.17) is 9.47 Å². The Balaban J connectivity index is 2.87. The molecule has 0 aromatic rings. The van der Waals surface area contributed by atoms with Gasteiger partial charge < -0.3 is 9.47 Å². The van der Waals surface area contributed by atoms with E-state index < -0.39 is 0 Å². The van der Waals surface area contributed by atoms with Crippen molar-refractivity contribution in [3.63, 3.8) is 0 Å². The Morgan fingerprint density at radius 3 is 1.19 bits per heavy atom. The van der Waals surface area contributed by atoms with E-state index in [1.807, 2.05) is 0 Å². The van der Waals surface area contributed by atoms with Gasteiger partial charge in [0.25, 0.3) is 0 Å². The van der Waals surface area contributed by atoms with Crippen LogP contribution in [0, 0.1) is 0 Å². The molecule has 2 heteroatoms. The zero-order valence-corrected chi connectivity index (χ0v) is 10.5. The van der Waals surface area contributed by atoms with Gasteiger partial charge in [-0.1, -0.05) is 51.7 Å². The predicted octanol–water partition coefficient (Wildman–Crippen LogP) is 4.43. The van der Waals surface area contributed by atoms with Crippen LogP contribution in [-0.4, -0.2) is 13.2 Å². The predicted molar refractivity (Wildman–Crippen MR) is 69.2 cm³/mol. The number of ether oxygens (including phenoxy) is 2. The molecular weight excluding hydrogens is 200 g/mol. The third kappa shape index (κ3) is 13.1. The van der Waals surface area contributed by atoms with E-state index in [9.17, 15) is 0 Å². The maximum atomic E-state index is 5.06. The SMILES string of the molecule is C=COCCCCCCCCCCOC=C. The third-order valence-corrected chi connectivity index (χ3v) is 2.51. The Labute approximate surface area is 100 Å². The Morgan fingerprint density at radius 2 is 0.875 bits per heavy atom. The second kappa shape index (κ2) is 14.1. The molecule has 0 aliphatic heterocycles. The Bertz CT molecular complexity index is 137. The largest absolute Gasteiger partial charge is 0.502 e. The van der Waals surface area contributed by atoms with Crippen LogP contribution >= 0.6 is 0 Å². The summed E-state index contributed by atoms with van der Waals surface area (Å²) in [7, 11) is 0. The molecule has 0 atom stereocenters. The molecule has 0 heterocycles. The smallest absolute Gasteiger partial charge is 0.0873 e. The minimum Gasteiger partial charge on any atom is -0.502 e. The van der Waals surface area contributed by atoms with Gasteiger partial charge in [0.05, 0.1) is 25.7 Å². The molecule has 0 aromatic heterocycles. The molecule has 16 heavy (non-hydrogen) atoms. The minimum absolute atomic E-state index is 0.822. The van der Waals surface area contributed by atoms with Gasteiger partial charge in [-0.25, -0.2) is 0 Å². The van der Waals surface area contributed by atoms with Gasteiger partial charge >= 0.3 is 0 Å². The van der Waals surface area contributed by atoms with E-state index in [1.165, 1.54) is 51.0 Å². The highest BCUT2D eigenvalue weighted by atomic mass is 16.5. The van der Waals surface area contributed by atoms with Crippen molar-refractivity contribution in [2.24, 2.45) is 0 Å². The Hall–Kier alpha value is -0.920. The van der Waals surface area contributed by atoms with Crippen LogP contribution in [0.25, 0.3) is 0 Å². The fourth-order valence-electron chi connectivity index (χ4n) is 1.60. The maximum Gasteiger partial charge on any atom is 0.0873 e. The first-order valence-corrected chi connectivity index (χ1v) is 6.37. The standard InChI is InChI=1S/C14H26O2/c1-3-15-13-11-9-7-5-6-8-10-12-14-16-4-2/h3-4H,1-2,5-14H2. The Kier molecular flexibility index (Phi) is 13.3.